The second-order valence-electron chi connectivity index (χ2n) is 6.74. The lowest BCUT2D eigenvalue weighted by atomic mass is 10.1. The second kappa shape index (κ2) is 7.49. The highest BCUT2D eigenvalue weighted by Gasteiger charge is 2.32. The van der Waals surface area contributed by atoms with E-state index >= 15 is 0 Å². The normalized spacial score (nSPS) is 20.3. The van der Waals surface area contributed by atoms with Crippen LogP contribution in [0.4, 0.5) is 4.39 Å². The van der Waals surface area contributed by atoms with E-state index < -0.39 is 0 Å². The first-order valence-electron chi connectivity index (χ1n) is 8.78. The van der Waals surface area contributed by atoms with Crippen LogP contribution in [0.3, 0.4) is 0 Å². The molecule has 1 aromatic carbocycles. The molecule has 0 radical (unpaired) electrons. The molecule has 0 N–H and O–H groups in total. The number of hydrogen-bond donors (Lipinski definition) is 0. The van der Waals surface area contributed by atoms with E-state index in [0.29, 0.717) is 36.0 Å². The van der Waals surface area contributed by atoms with E-state index in [-0.39, 0.29) is 12.4 Å². The van der Waals surface area contributed by atoms with Crippen LogP contribution in [0.5, 0.6) is 5.75 Å². The zero-order valence-corrected chi connectivity index (χ0v) is 14.1. The first kappa shape index (κ1) is 16.5. The molecule has 0 spiro atoms. The number of ether oxygens (including phenoxy) is 2. The molecule has 1 aliphatic heterocycles. The highest BCUT2D eigenvalue weighted by atomic mass is 19.1. The molecule has 2 aliphatic rings. The van der Waals surface area contributed by atoms with Gasteiger partial charge in [-0.15, -0.1) is 0 Å². The smallest absolute Gasteiger partial charge is 0.240 e. The standard InChI is InChI=1S/C18H22FN3O3/c19-14-1-5-16(6-2-14)24-12-17-20-18(25-21-17)10-22(15-3-4-15)9-13-7-8-23-11-13/h1-2,5-6,13,15H,3-4,7-12H2. The fourth-order valence-corrected chi connectivity index (χ4v) is 3.11. The number of benzene rings is 1. The fraction of sp³-hybridized carbons (Fsp3) is 0.556. The molecule has 1 saturated carbocycles. The number of hydrogen-bond acceptors (Lipinski definition) is 6. The first-order valence-corrected chi connectivity index (χ1v) is 8.78. The van der Waals surface area contributed by atoms with Crippen molar-refractivity contribution < 1.29 is 18.4 Å². The maximum Gasteiger partial charge on any atom is 0.240 e. The largest absolute Gasteiger partial charge is 0.485 e. The van der Waals surface area contributed by atoms with Crippen LogP contribution >= 0.6 is 0 Å². The SMILES string of the molecule is Fc1ccc(OCc2noc(CN(CC3CCOC3)C3CC3)n2)cc1. The lowest BCUT2D eigenvalue weighted by molar-refractivity contribution is 0.153. The Morgan fingerprint density at radius 1 is 1.20 bits per heavy atom. The summed E-state index contributed by atoms with van der Waals surface area (Å²) >= 11 is 0. The van der Waals surface area contributed by atoms with Gasteiger partial charge in [0.25, 0.3) is 0 Å². The van der Waals surface area contributed by atoms with E-state index in [1.807, 2.05) is 0 Å². The Morgan fingerprint density at radius 3 is 2.76 bits per heavy atom. The van der Waals surface area contributed by atoms with Gasteiger partial charge in [0, 0.05) is 19.2 Å². The predicted octanol–water partition coefficient (Wildman–Crippen LogP) is 2.79. The average Bonchev–Trinajstić information content (AvgIpc) is 3.16. The van der Waals surface area contributed by atoms with Crippen molar-refractivity contribution in [3.05, 3.63) is 41.8 Å². The molecule has 1 unspecified atom stereocenters. The van der Waals surface area contributed by atoms with E-state index in [2.05, 4.69) is 15.0 Å². The van der Waals surface area contributed by atoms with Gasteiger partial charge in [-0.05, 0) is 49.4 Å². The van der Waals surface area contributed by atoms with Crippen molar-refractivity contribution in [2.75, 3.05) is 19.8 Å². The quantitative estimate of drug-likeness (QED) is 0.732. The first-order chi connectivity index (χ1) is 12.3. The molecule has 2 aromatic rings. The summed E-state index contributed by atoms with van der Waals surface area (Å²) < 4.78 is 29.3. The van der Waals surface area contributed by atoms with Gasteiger partial charge >= 0.3 is 0 Å². The van der Waals surface area contributed by atoms with Crippen molar-refractivity contribution in [3.8, 4) is 5.75 Å². The summed E-state index contributed by atoms with van der Waals surface area (Å²) in [4.78, 5) is 6.85. The van der Waals surface area contributed by atoms with E-state index in [4.69, 9.17) is 14.0 Å². The summed E-state index contributed by atoms with van der Waals surface area (Å²) in [5, 5.41) is 3.98. The van der Waals surface area contributed by atoms with Crippen LogP contribution in [0.15, 0.2) is 28.8 Å². The van der Waals surface area contributed by atoms with E-state index in [0.717, 1.165) is 26.2 Å². The third kappa shape index (κ3) is 4.55. The molecule has 7 heteroatoms. The van der Waals surface area contributed by atoms with Gasteiger partial charge in [-0.3, -0.25) is 4.90 Å². The van der Waals surface area contributed by atoms with Crippen molar-refractivity contribution in [1.82, 2.24) is 15.0 Å². The van der Waals surface area contributed by atoms with Crippen LogP contribution in [0, 0.1) is 11.7 Å². The van der Waals surface area contributed by atoms with Gasteiger partial charge in [-0.25, -0.2) is 4.39 Å². The predicted molar refractivity (Wildman–Crippen MR) is 87.4 cm³/mol. The summed E-state index contributed by atoms with van der Waals surface area (Å²) in [6, 6.07) is 6.50. The second-order valence-corrected chi connectivity index (χ2v) is 6.74. The van der Waals surface area contributed by atoms with Gasteiger partial charge in [0.1, 0.15) is 11.6 Å². The Morgan fingerprint density at radius 2 is 2.04 bits per heavy atom. The minimum absolute atomic E-state index is 0.203. The molecule has 25 heavy (non-hydrogen) atoms. The third-order valence-corrected chi connectivity index (χ3v) is 4.61. The van der Waals surface area contributed by atoms with Gasteiger partial charge in [0.2, 0.25) is 11.7 Å². The number of nitrogens with zero attached hydrogens (tertiary/aromatic N) is 3. The van der Waals surface area contributed by atoms with Gasteiger partial charge in [0.15, 0.2) is 6.61 Å². The summed E-state index contributed by atoms with van der Waals surface area (Å²) in [7, 11) is 0. The zero-order valence-electron chi connectivity index (χ0n) is 14.1. The molecule has 2 fully saturated rings. The Bertz CT molecular complexity index is 681. The van der Waals surface area contributed by atoms with Crippen LogP contribution in [-0.4, -0.2) is 40.8 Å². The summed E-state index contributed by atoms with van der Waals surface area (Å²) in [6.07, 6.45) is 3.61. The molecule has 4 rings (SSSR count). The number of aromatic nitrogens is 2. The number of halogens is 1. The topological polar surface area (TPSA) is 60.6 Å². The van der Waals surface area contributed by atoms with Crippen LogP contribution < -0.4 is 4.74 Å². The van der Waals surface area contributed by atoms with E-state index in [1.54, 1.807) is 12.1 Å². The van der Waals surface area contributed by atoms with Crippen molar-refractivity contribution in [3.63, 3.8) is 0 Å². The molecule has 1 atom stereocenters. The van der Waals surface area contributed by atoms with Crippen LogP contribution in [0.2, 0.25) is 0 Å². The molecule has 0 amide bonds. The molecule has 1 saturated heterocycles. The average molecular weight is 347 g/mol. The van der Waals surface area contributed by atoms with Gasteiger partial charge in [-0.1, -0.05) is 5.16 Å². The van der Waals surface area contributed by atoms with Crippen molar-refractivity contribution in [1.29, 1.82) is 0 Å². The summed E-state index contributed by atoms with van der Waals surface area (Å²) in [5.74, 6) is 2.00. The van der Waals surface area contributed by atoms with Crippen LogP contribution in [0.1, 0.15) is 31.0 Å². The van der Waals surface area contributed by atoms with Crippen molar-refractivity contribution >= 4 is 0 Å². The summed E-state index contributed by atoms with van der Waals surface area (Å²) in [5.41, 5.74) is 0. The Kier molecular flexibility index (Phi) is 4.94. The Labute approximate surface area is 145 Å². The highest BCUT2D eigenvalue weighted by Crippen LogP contribution is 2.30. The van der Waals surface area contributed by atoms with Gasteiger partial charge < -0.3 is 14.0 Å². The molecule has 0 bridgehead atoms. The minimum atomic E-state index is -0.290. The third-order valence-electron chi connectivity index (χ3n) is 4.61. The fourth-order valence-electron chi connectivity index (χ4n) is 3.11. The molecular formula is C18H22FN3O3. The van der Waals surface area contributed by atoms with E-state index in [9.17, 15) is 4.39 Å². The Balaban J connectivity index is 1.31. The van der Waals surface area contributed by atoms with Crippen molar-refractivity contribution in [2.24, 2.45) is 5.92 Å². The minimum Gasteiger partial charge on any atom is -0.485 e. The maximum absolute atomic E-state index is 12.9. The van der Waals surface area contributed by atoms with Gasteiger partial charge in [-0.2, -0.15) is 4.98 Å². The monoisotopic (exact) mass is 347 g/mol. The molecular weight excluding hydrogens is 325 g/mol. The van der Waals surface area contributed by atoms with Gasteiger partial charge in [0.05, 0.1) is 13.2 Å². The lowest BCUT2D eigenvalue weighted by Gasteiger charge is -2.22. The van der Waals surface area contributed by atoms with E-state index in [1.165, 1.54) is 25.0 Å². The molecule has 6 nitrogen and oxygen atoms in total. The van der Waals surface area contributed by atoms with Crippen LogP contribution in [-0.2, 0) is 17.9 Å². The molecule has 1 aromatic heterocycles. The Hall–Kier alpha value is -1.99. The van der Waals surface area contributed by atoms with Crippen LogP contribution in [0.25, 0.3) is 0 Å². The highest BCUT2D eigenvalue weighted by molar-refractivity contribution is 5.22. The lowest BCUT2D eigenvalue weighted by Crippen LogP contribution is -2.31. The zero-order chi connectivity index (χ0) is 17.1. The number of rotatable bonds is 8. The molecule has 2 heterocycles. The summed E-state index contributed by atoms with van der Waals surface area (Å²) in [6.45, 7) is 3.62. The maximum atomic E-state index is 12.9. The van der Waals surface area contributed by atoms with Crippen molar-refractivity contribution in [2.45, 2.75) is 38.5 Å². The molecule has 134 valence electrons. The molecule has 1 aliphatic carbocycles.